The number of para-hydroxylation sites is 2. The number of hydrogen-bond donors (Lipinski definition) is 1. The highest BCUT2D eigenvalue weighted by Crippen LogP contribution is 2.50. The molecule has 4 aromatic rings. The minimum atomic E-state index is -1.27. The Balaban J connectivity index is 1.74. The first-order valence-corrected chi connectivity index (χ1v) is 9.48. The Bertz CT molecular complexity index is 1090. The molecule has 0 saturated heterocycles. The highest BCUT2D eigenvalue weighted by atomic mass is 16.5. The van der Waals surface area contributed by atoms with Gasteiger partial charge in [-0.1, -0.05) is 91.0 Å². The summed E-state index contributed by atoms with van der Waals surface area (Å²) in [4.78, 5) is 0. The van der Waals surface area contributed by atoms with Gasteiger partial charge in [-0.3, -0.25) is 0 Å². The predicted octanol–water partition coefficient (Wildman–Crippen LogP) is 5.67. The molecule has 0 saturated carbocycles. The Hall–Kier alpha value is -3.36. The van der Waals surface area contributed by atoms with Crippen LogP contribution in [0.1, 0.15) is 27.8 Å². The van der Waals surface area contributed by atoms with E-state index in [1.165, 1.54) is 5.56 Å². The second-order valence-electron chi connectivity index (χ2n) is 7.12. The minimum absolute atomic E-state index is 0.693. The molecule has 2 heteroatoms. The minimum Gasteiger partial charge on any atom is -0.457 e. The van der Waals surface area contributed by atoms with Crippen molar-refractivity contribution < 1.29 is 9.84 Å². The van der Waals surface area contributed by atoms with Gasteiger partial charge in [0.15, 0.2) is 0 Å². The van der Waals surface area contributed by atoms with Gasteiger partial charge in [-0.25, -0.2) is 0 Å². The van der Waals surface area contributed by atoms with E-state index >= 15 is 0 Å². The first kappa shape index (κ1) is 16.8. The third kappa shape index (κ3) is 2.62. The third-order valence-corrected chi connectivity index (χ3v) is 5.42. The maximum Gasteiger partial charge on any atom is 0.148 e. The van der Waals surface area contributed by atoms with Gasteiger partial charge in [-0.15, -0.1) is 0 Å². The molecule has 0 unspecified atom stereocenters. The van der Waals surface area contributed by atoms with Crippen molar-refractivity contribution >= 4 is 0 Å². The van der Waals surface area contributed by atoms with Gasteiger partial charge in [0, 0.05) is 11.1 Å². The van der Waals surface area contributed by atoms with Crippen LogP contribution in [0.4, 0.5) is 0 Å². The molecule has 0 amide bonds. The van der Waals surface area contributed by atoms with Gasteiger partial charge in [0.1, 0.15) is 17.1 Å². The van der Waals surface area contributed by atoms with E-state index in [0.29, 0.717) is 11.5 Å². The molecule has 1 aliphatic heterocycles. The highest BCUT2D eigenvalue weighted by Gasteiger charge is 2.42. The van der Waals surface area contributed by atoms with Crippen LogP contribution in [0, 0.1) is 0 Å². The SMILES string of the molecule is OC1(c2ccccc2Cc2ccccc2)c2ccccc2Oc2ccccc21. The van der Waals surface area contributed by atoms with E-state index in [9.17, 15) is 5.11 Å². The average molecular weight is 364 g/mol. The summed E-state index contributed by atoms with van der Waals surface area (Å²) in [5, 5.41) is 12.2. The number of rotatable bonds is 3. The standard InChI is InChI=1S/C26H20O2/c27-26(21-13-5-4-12-20(21)18-19-10-2-1-3-11-19)22-14-6-8-16-24(22)28-25-17-9-7-15-23(25)26/h1-17,27H,18H2. The first-order chi connectivity index (χ1) is 13.8. The van der Waals surface area contributed by atoms with Crippen molar-refractivity contribution in [2.24, 2.45) is 0 Å². The number of benzene rings is 4. The number of aliphatic hydroxyl groups is 1. The molecule has 2 nitrogen and oxygen atoms in total. The lowest BCUT2D eigenvalue weighted by Crippen LogP contribution is -2.33. The van der Waals surface area contributed by atoms with Crippen LogP contribution in [0.5, 0.6) is 11.5 Å². The fourth-order valence-corrected chi connectivity index (χ4v) is 4.11. The Kier molecular flexibility index (Phi) is 4.00. The summed E-state index contributed by atoms with van der Waals surface area (Å²) < 4.78 is 6.09. The highest BCUT2D eigenvalue weighted by molar-refractivity contribution is 5.62. The zero-order valence-corrected chi connectivity index (χ0v) is 15.4. The van der Waals surface area contributed by atoms with Gasteiger partial charge in [-0.2, -0.15) is 0 Å². The van der Waals surface area contributed by atoms with Crippen LogP contribution in [0.15, 0.2) is 103 Å². The van der Waals surface area contributed by atoms with E-state index in [2.05, 4.69) is 18.2 Å². The van der Waals surface area contributed by atoms with Gasteiger partial charge in [0.05, 0.1) is 0 Å². The molecule has 1 heterocycles. The van der Waals surface area contributed by atoms with Crippen LogP contribution in [-0.4, -0.2) is 5.11 Å². The molecule has 1 aliphatic rings. The summed E-state index contributed by atoms with van der Waals surface area (Å²) in [7, 11) is 0. The Labute approximate surface area is 164 Å². The molecular weight excluding hydrogens is 344 g/mol. The van der Waals surface area contributed by atoms with Crippen LogP contribution in [-0.2, 0) is 12.0 Å². The van der Waals surface area contributed by atoms with Gasteiger partial charge in [0.25, 0.3) is 0 Å². The lowest BCUT2D eigenvalue weighted by atomic mass is 9.75. The molecule has 1 N–H and O–H groups in total. The van der Waals surface area contributed by atoms with Crippen LogP contribution >= 0.6 is 0 Å². The number of hydrogen-bond acceptors (Lipinski definition) is 2. The molecule has 0 bridgehead atoms. The third-order valence-electron chi connectivity index (χ3n) is 5.42. The van der Waals surface area contributed by atoms with Crippen LogP contribution in [0.3, 0.4) is 0 Å². The molecule has 28 heavy (non-hydrogen) atoms. The second kappa shape index (κ2) is 6.66. The van der Waals surface area contributed by atoms with Gasteiger partial charge in [0.2, 0.25) is 0 Å². The van der Waals surface area contributed by atoms with Crippen molar-refractivity contribution in [2.75, 3.05) is 0 Å². The largest absolute Gasteiger partial charge is 0.457 e. The van der Waals surface area contributed by atoms with Crippen molar-refractivity contribution in [1.29, 1.82) is 0 Å². The molecule has 0 spiro atoms. The van der Waals surface area contributed by atoms with Crippen molar-refractivity contribution in [3.8, 4) is 11.5 Å². The summed E-state index contributed by atoms with van der Waals surface area (Å²) >= 11 is 0. The van der Waals surface area contributed by atoms with E-state index in [1.807, 2.05) is 84.9 Å². The molecule has 0 fully saturated rings. The lowest BCUT2D eigenvalue weighted by molar-refractivity contribution is 0.112. The summed E-state index contributed by atoms with van der Waals surface area (Å²) in [5.41, 5.74) is 3.48. The Morgan fingerprint density at radius 3 is 1.71 bits per heavy atom. The average Bonchev–Trinajstić information content (AvgIpc) is 2.75. The fourth-order valence-electron chi connectivity index (χ4n) is 4.11. The van der Waals surface area contributed by atoms with E-state index in [1.54, 1.807) is 0 Å². The van der Waals surface area contributed by atoms with Gasteiger partial charge < -0.3 is 9.84 Å². The topological polar surface area (TPSA) is 29.5 Å². The molecule has 0 aromatic heterocycles. The van der Waals surface area contributed by atoms with Gasteiger partial charge >= 0.3 is 0 Å². The molecule has 0 aliphatic carbocycles. The van der Waals surface area contributed by atoms with E-state index < -0.39 is 5.60 Å². The fraction of sp³-hybridized carbons (Fsp3) is 0.0769. The first-order valence-electron chi connectivity index (χ1n) is 9.48. The molecular formula is C26H20O2. The second-order valence-corrected chi connectivity index (χ2v) is 7.12. The van der Waals surface area contributed by atoms with E-state index in [0.717, 1.165) is 28.7 Å². The molecule has 5 rings (SSSR count). The summed E-state index contributed by atoms with van der Waals surface area (Å²) in [5.74, 6) is 1.39. The number of ether oxygens (including phenoxy) is 1. The Morgan fingerprint density at radius 1 is 0.571 bits per heavy atom. The normalized spacial score (nSPS) is 13.9. The van der Waals surface area contributed by atoms with Crippen LogP contribution < -0.4 is 4.74 Å². The molecule has 4 aromatic carbocycles. The zero-order chi connectivity index (χ0) is 19.0. The lowest BCUT2D eigenvalue weighted by Gasteiger charge is -2.37. The van der Waals surface area contributed by atoms with E-state index in [-0.39, 0.29) is 0 Å². The number of fused-ring (bicyclic) bond motifs is 2. The van der Waals surface area contributed by atoms with Crippen molar-refractivity contribution in [2.45, 2.75) is 12.0 Å². The Morgan fingerprint density at radius 2 is 1.07 bits per heavy atom. The van der Waals surface area contributed by atoms with Crippen LogP contribution in [0.25, 0.3) is 0 Å². The molecule has 0 radical (unpaired) electrons. The molecule has 136 valence electrons. The monoisotopic (exact) mass is 364 g/mol. The summed E-state index contributed by atoms with van der Waals surface area (Å²) in [6.45, 7) is 0. The maximum atomic E-state index is 12.2. The summed E-state index contributed by atoms with van der Waals surface area (Å²) in [6.07, 6.45) is 0.754. The van der Waals surface area contributed by atoms with Crippen molar-refractivity contribution in [3.63, 3.8) is 0 Å². The van der Waals surface area contributed by atoms with Crippen molar-refractivity contribution in [3.05, 3.63) is 131 Å². The summed E-state index contributed by atoms with van der Waals surface area (Å²) in [6, 6.07) is 34.0. The van der Waals surface area contributed by atoms with Crippen molar-refractivity contribution in [1.82, 2.24) is 0 Å². The van der Waals surface area contributed by atoms with Gasteiger partial charge in [-0.05, 0) is 35.2 Å². The smallest absolute Gasteiger partial charge is 0.148 e. The maximum absolute atomic E-state index is 12.2. The quantitative estimate of drug-likeness (QED) is 0.508. The zero-order valence-electron chi connectivity index (χ0n) is 15.4. The van der Waals surface area contributed by atoms with E-state index in [4.69, 9.17) is 4.74 Å². The van der Waals surface area contributed by atoms with Crippen LogP contribution in [0.2, 0.25) is 0 Å². The molecule has 0 atom stereocenters. The predicted molar refractivity (Wildman–Crippen MR) is 111 cm³/mol.